The molecule has 0 fully saturated rings. The molecule has 13 heteroatoms. The number of carbonyl (C=O) groups excluding carboxylic acids is 4. The van der Waals surface area contributed by atoms with Crippen LogP contribution in [0.1, 0.15) is 48.9 Å². The van der Waals surface area contributed by atoms with E-state index >= 15 is 0 Å². The number of nitrogens with one attached hydrogen (secondary N) is 2. The van der Waals surface area contributed by atoms with Gasteiger partial charge in [-0.1, -0.05) is 42.5 Å². The van der Waals surface area contributed by atoms with Gasteiger partial charge in [0.2, 0.25) is 11.8 Å². The first-order valence-corrected chi connectivity index (χ1v) is 15.5. The minimum atomic E-state index is -0.743. The van der Waals surface area contributed by atoms with Crippen LogP contribution in [0.5, 0.6) is 0 Å². The second kappa shape index (κ2) is 13.7. The zero-order valence-electron chi connectivity index (χ0n) is 24.3. The Hall–Kier alpha value is -5.01. The summed E-state index contributed by atoms with van der Waals surface area (Å²) in [4.78, 5) is 65.4. The summed E-state index contributed by atoms with van der Waals surface area (Å²) in [6.45, 7) is 2.31. The van der Waals surface area contributed by atoms with Gasteiger partial charge in [0.25, 0.3) is 11.6 Å². The number of methoxy groups -OCH3 is 1. The number of amides is 3. The van der Waals surface area contributed by atoms with E-state index in [1.165, 1.54) is 61.4 Å². The third-order valence-corrected chi connectivity index (χ3v) is 9.51. The van der Waals surface area contributed by atoms with Gasteiger partial charge in [0.1, 0.15) is 10.3 Å². The van der Waals surface area contributed by atoms with Crippen molar-refractivity contribution in [3.8, 4) is 0 Å². The van der Waals surface area contributed by atoms with E-state index in [1.807, 2.05) is 30.3 Å². The molecule has 0 spiro atoms. The fourth-order valence-corrected chi connectivity index (χ4v) is 7.24. The van der Waals surface area contributed by atoms with Crippen LogP contribution in [-0.4, -0.2) is 47.2 Å². The number of non-ortho nitro benzene ring substituents is 1. The quantitative estimate of drug-likeness (QED) is 0.0966. The molecule has 0 bridgehead atoms. The zero-order valence-corrected chi connectivity index (χ0v) is 25.9. The zero-order chi connectivity index (χ0) is 32.1. The van der Waals surface area contributed by atoms with Crippen molar-refractivity contribution in [2.75, 3.05) is 24.3 Å². The van der Waals surface area contributed by atoms with Crippen LogP contribution in [0.15, 0.2) is 83.8 Å². The van der Waals surface area contributed by atoms with E-state index in [0.717, 1.165) is 16.0 Å². The topological polar surface area (TPSA) is 148 Å². The molecule has 2 heterocycles. The fraction of sp³-hybridized carbons (Fsp3) is 0.188. The van der Waals surface area contributed by atoms with Crippen LogP contribution in [0.25, 0.3) is 0 Å². The average molecular weight is 645 g/mol. The van der Waals surface area contributed by atoms with Gasteiger partial charge in [0.15, 0.2) is 0 Å². The molecule has 1 aliphatic rings. The molecule has 0 aliphatic carbocycles. The smallest absolute Gasteiger partial charge is 0.341 e. The lowest BCUT2D eigenvalue weighted by atomic mass is 10.0. The molecule has 3 amide bonds. The van der Waals surface area contributed by atoms with Crippen molar-refractivity contribution in [1.29, 1.82) is 0 Å². The number of nitro groups is 1. The second-order valence-electron chi connectivity index (χ2n) is 10.1. The number of carbonyl (C=O) groups is 4. The Bertz CT molecular complexity index is 1790. The summed E-state index contributed by atoms with van der Waals surface area (Å²) in [5.41, 5.74) is 2.18. The number of nitro benzene ring substituents is 1. The van der Waals surface area contributed by atoms with Crippen molar-refractivity contribution >= 4 is 63.2 Å². The number of anilines is 2. The second-order valence-corrected chi connectivity index (χ2v) is 12.4. The molecule has 0 saturated carbocycles. The van der Waals surface area contributed by atoms with E-state index in [9.17, 15) is 29.3 Å². The number of nitrogens with zero attached hydrogens (tertiary/aromatic N) is 2. The van der Waals surface area contributed by atoms with Gasteiger partial charge >= 0.3 is 5.97 Å². The fourth-order valence-electron chi connectivity index (χ4n) is 4.90. The molecule has 3 aromatic carbocycles. The Labute approximate surface area is 266 Å². The van der Waals surface area contributed by atoms with E-state index in [4.69, 9.17) is 4.74 Å². The number of thiophene rings is 1. The van der Waals surface area contributed by atoms with Crippen molar-refractivity contribution in [2.45, 2.75) is 30.0 Å². The largest absolute Gasteiger partial charge is 0.465 e. The van der Waals surface area contributed by atoms with Crippen LogP contribution in [-0.2, 0) is 27.3 Å². The molecule has 11 nitrogen and oxygen atoms in total. The number of rotatable bonds is 9. The molecule has 1 aliphatic heterocycles. The summed E-state index contributed by atoms with van der Waals surface area (Å²) in [5, 5.41) is 16.5. The third kappa shape index (κ3) is 7.21. The molecule has 230 valence electrons. The maximum absolute atomic E-state index is 13.9. The summed E-state index contributed by atoms with van der Waals surface area (Å²) in [6, 6.07) is 21.5. The molecule has 1 atom stereocenters. The Kier molecular flexibility index (Phi) is 9.59. The normalized spacial score (nSPS) is 12.9. The van der Waals surface area contributed by atoms with Gasteiger partial charge in [-0.05, 0) is 41.8 Å². The van der Waals surface area contributed by atoms with Crippen LogP contribution in [0.2, 0.25) is 0 Å². The van der Waals surface area contributed by atoms with Gasteiger partial charge in [0, 0.05) is 46.6 Å². The Morgan fingerprint density at radius 2 is 1.76 bits per heavy atom. The van der Waals surface area contributed by atoms with Crippen molar-refractivity contribution in [2.24, 2.45) is 0 Å². The highest BCUT2D eigenvalue weighted by atomic mass is 32.2. The average Bonchev–Trinajstić information content (AvgIpc) is 3.40. The van der Waals surface area contributed by atoms with Crippen molar-refractivity contribution in [3.05, 3.63) is 116 Å². The monoisotopic (exact) mass is 644 g/mol. The minimum absolute atomic E-state index is 0.0664. The van der Waals surface area contributed by atoms with Crippen LogP contribution in [0.3, 0.4) is 0 Å². The van der Waals surface area contributed by atoms with E-state index in [0.29, 0.717) is 40.7 Å². The van der Waals surface area contributed by atoms with Gasteiger partial charge in [0.05, 0.1) is 24.1 Å². The number of esters is 1. The molecule has 4 aromatic rings. The lowest BCUT2D eigenvalue weighted by Crippen LogP contribution is -2.33. The molecule has 0 saturated heterocycles. The summed E-state index contributed by atoms with van der Waals surface area (Å²) in [7, 11) is 1.29. The number of benzene rings is 3. The Morgan fingerprint density at radius 3 is 2.47 bits per heavy atom. The highest BCUT2D eigenvalue weighted by Crippen LogP contribution is 2.41. The van der Waals surface area contributed by atoms with Crippen molar-refractivity contribution in [3.63, 3.8) is 0 Å². The molecular formula is C32H28N4O7S2. The highest BCUT2D eigenvalue weighted by Gasteiger charge is 2.32. The third-order valence-electron chi connectivity index (χ3n) is 7.13. The van der Waals surface area contributed by atoms with Gasteiger partial charge in [-0.3, -0.25) is 24.5 Å². The number of thioether (sulfide) groups is 1. The number of ether oxygens (including phenoxy) is 1. The predicted octanol–water partition coefficient (Wildman–Crippen LogP) is 6.07. The summed E-state index contributed by atoms with van der Waals surface area (Å²) >= 11 is 2.51. The van der Waals surface area contributed by atoms with E-state index in [-0.39, 0.29) is 23.1 Å². The van der Waals surface area contributed by atoms with Crippen LogP contribution < -0.4 is 10.6 Å². The first-order chi connectivity index (χ1) is 21.6. The van der Waals surface area contributed by atoms with Gasteiger partial charge in [-0.15, -0.1) is 23.1 Å². The standard InChI is InChI=1S/C32H28N4O7S2/c1-19(37)35-15-14-25-26(18-35)45-31(27(25)32(40)43-2)34-30(39)28(20-8-4-3-5-9-20)44-24-13-7-11-22(17-24)33-29(38)21-10-6-12-23(16-21)36(41)42/h3-13,16-17,28H,14-15,18H2,1-2H3,(H,33,38)(H,34,39). The van der Waals surface area contributed by atoms with Crippen molar-refractivity contribution < 1.29 is 28.8 Å². The molecule has 1 aromatic heterocycles. The van der Waals surface area contributed by atoms with Crippen LogP contribution in [0.4, 0.5) is 16.4 Å². The number of fused-ring (bicyclic) bond motifs is 1. The summed E-state index contributed by atoms with van der Waals surface area (Å²) < 4.78 is 5.06. The van der Waals surface area contributed by atoms with Gasteiger partial charge < -0.3 is 20.3 Å². The number of hydrogen-bond acceptors (Lipinski definition) is 9. The first kappa shape index (κ1) is 31.4. The highest BCUT2D eigenvalue weighted by molar-refractivity contribution is 8.00. The van der Waals surface area contributed by atoms with E-state index in [1.54, 1.807) is 29.2 Å². The van der Waals surface area contributed by atoms with Gasteiger partial charge in [-0.2, -0.15) is 0 Å². The predicted molar refractivity (Wildman–Crippen MR) is 172 cm³/mol. The van der Waals surface area contributed by atoms with Crippen LogP contribution >= 0.6 is 23.1 Å². The molecule has 5 rings (SSSR count). The Balaban J connectivity index is 1.40. The lowest BCUT2D eigenvalue weighted by molar-refractivity contribution is -0.384. The molecular weight excluding hydrogens is 617 g/mol. The lowest BCUT2D eigenvalue weighted by Gasteiger charge is -2.25. The molecule has 45 heavy (non-hydrogen) atoms. The van der Waals surface area contributed by atoms with E-state index in [2.05, 4.69) is 10.6 Å². The first-order valence-electron chi connectivity index (χ1n) is 13.8. The van der Waals surface area contributed by atoms with Crippen molar-refractivity contribution in [1.82, 2.24) is 4.90 Å². The maximum Gasteiger partial charge on any atom is 0.341 e. The number of hydrogen-bond donors (Lipinski definition) is 2. The SMILES string of the molecule is COC(=O)c1c(NC(=O)C(Sc2cccc(NC(=O)c3cccc([N+](=O)[O-])c3)c2)c2ccccc2)sc2c1CCN(C(C)=O)C2. The van der Waals surface area contributed by atoms with E-state index < -0.39 is 22.0 Å². The molecule has 0 radical (unpaired) electrons. The molecule has 1 unspecified atom stereocenters. The van der Waals surface area contributed by atoms with Gasteiger partial charge in [-0.25, -0.2) is 4.79 Å². The summed E-state index contributed by atoms with van der Waals surface area (Å²) in [6.07, 6.45) is 0.470. The Morgan fingerprint density at radius 1 is 1.00 bits per heavy atom. The van der Waals surface area contributed by atoms with Crippen LogP contribution in [0, 0.1) is 10.1 Å². The summed E-state index contributed by atoms with van der Waals surface area (Å²) in [5.74, 6) is -1.51. The maximum atomic E-state index is 13.9. The molecule has 2 N–H and O–H groups in total. The minimum Gasteiger partial charge on any atom is -0.465 e.